The highest BCUT2D eigenvalue weighted by Crippen LogP contribution is 2.16. The predicted molar refractivity (Wildman–Crippen MR) is 90.8 cm³/mol. The number of ether oxygens (including phenoxy) is 1. The fraction of sp³-hybridized carbons (Fsp3) is 0.400. The van der Waals surface area contributed by atoms with E-state index in [1.54, 1.807) is 0 Å². The van der Waals surface area contributed by atoms with Gasteiger partial charge in [-0.05, 0) is 30.0 Å². The molecule has 0 bridgehead atoms. The number of aliphatic hydroxyl groups is 1. The topological polar surface area (TPSA) is 29.5 Å². The second kappa shape index (κ2) is 8.72. The van der Waals surface area contributed by atoms with Crippen LogP contribution in [0.4, 0.5) is 0 Å². The number of hydrogen-bond donors (Lipinski definition) is 1. The molecule has 2 rings (SSSR count). The fourth-order valence-corrected chi connectivity index (χ4v) is 2.57. The van der Waals surface area contributed by atoms with E-state index in [-0.39, 0.29) is 6.10 Å². The first kappa shape index (κ1) is 16.7. The van der Waals surface area contributed by atoms with Crippen LogP contribution >= 0.6 is 0 Å². The third-order valence-electron chi connectivity index (χ3n) is 3.96. The molecule has 2 aromatic rings. The van der Waals surface area contributed by atoms with Crippen LogP contribution < -0.4 is 0 Å². The summed E-state index contributed by atoms with van der Waals surface area (Å²) in [7, 11) is 0. The molecule has 0 aliphatic carbocycles. The van der Waals surface area contributed by atoms with Gasteiger partial charge >= 0.3 is 0 Å². The molecule has 2 nitrogen and oxygen atoms in total. The summed E-state index contributed by atoms with van der Waals surface area (Å²) in [5.74, 6) is 0. The minimum atomic E-state index is -0.485. The van der Waals surface area contributed by atoms with Gasteiger partial charge in [0.15, 0.2) is 0 Å². The first-order chi connectivity index (χ1) is 10.7. The minimum Gasteiger partial charge on any atom is -0.390 e. The molecule has 0 saturated heterocycles. The molecule has 0 radical (unpaired) electrons. The van der Waals surface area contributed by atoms with Gasteiger partial charge in [-0.3, -0.25) is 0 Å². The largest absolute Gasteiger partial charge is 0.390 e. The van der Waals surface area contributed by atoms with Gasteiger partial charge in [0.05, 0.1) is 18.8 Å². The zero-order valence-corrected chi connectivity index (χ0v) is 13.5. The van der Waals surface area contributed by atoms with E-state index in [4.69, 9.17) is 4.74 Å². The smallest absolute Gasteiger partial charge is 0.0839 e. The van der Waals surface area contributed by atoms with Crippen LogP contribution in [0, 0.1) is 0 Å². The van der Waals surface area contributed by atoms with Crippen LogP contribution in [0.5, 0.6) is 0 Å². The summed E-state index contributed by atoms with van der Waals surface area (Å²) in [5, 5.41) is 10.4. The van der Waals surface area contributed by atoms with Crippen LogP contribution in [0.25, 0.3) is 0 Å². The molecule has 22 heavy (non-hydrogen) atoms. The normalized spacial score (nSPS) is 13.8. The van der Waals surface area contributed by atoms with Gasteiger partial charge in [-0.15, -0.1) is 0 Å². The van der Waals surface area contributed by atoms with E-state index < -0.39 is 6.10 Å². The molecule has 0 saturated carbocycles. The molecule has 118 valence electrons. The highest BCUT2D eigenvalue weighted by molar-refractivity contribution is 5.28. The summed E-state index contributed by atoms with van der Waals surface area (Å²) in [5.41, 5.74) is 3.69. The lowest BCUT2D eigenvalue weighted by atomic mass is 9.97. The van der Waals surface area contributed by atoms with Crippen LogP contribution in [-0.4, -0.2) is 17.3 Å². The molecular weight excluding hydrogens is 272 g/mol. The third-order valence-corrected chi connectivity index (χ3v) is 3.96. The highest BCUT2D eigenvalue weighted by atomic mass is 16.5. The number of benzene rings is 2. The molecule has 0 fully saturated rings. The third kappa shape index (κ3) is 4.97. The molecule has 2 heteroatoms. The Kier molecular flexibility index (Phi) is 6.63. The lowest BCUT2D eigenvalue weighted by Gasteiger charge is -2.21. The Morgan fingerprint density at radius 2 is 1.59 bits per heavy atom. The van der Waals surface area contributed by atoms with Gasteiger partial charge in [-0.2, -0.15) is 0 Å². The van der Waals surface area contributed by atoms with Crippen molar-refractivity contribution in [3.8, 4) is 0 Å². The second-order valence-electron chi connectivity index (χ2n) is 5.79. The lowest BCUT2D eigenvalue weighted by molar-refractivity contribution is -0.0344. The second-order valence-corrected chi connectivity index (χ2v) is 5.79. The molecule has 1 N–H and O–H groups in total. The predicted octanol–water partition coefficient (Wildman–Crippen LogP) is 4.15. The van der Waals surface area contributed by atoms with Crippen LogP contribution in [0.2, 0.25) is 0 Å². The summed E-state index contributed by atoms with van der Waals surface area (Å²) < 4.78 is 5.81. The van der Waals surface area contributed by atoms with Gasteiger partial charge in [-0.25, -0.2) is 0 Å². The summed E-state index contributed by atoms with van der Waals surface area (Å²) in [4.78, 5) is 0. The summed E-state index contributed by atoms with van der Waals surface area (Å²) in [6, 6.07) is 18.4. The maximum atomic E-state index is 10.4. The summed E-state index contributed by atoms with van der Waals surface area (Å²) in [6.45, 7) is 4.66. The van der Waals surface area contributed by atoms with Gasteiger partial charge in [0.25, 0.3) is 0 Å². The zero-order chi connectivity index (χ0) is 15.8. The van der Waals surface area contributed by atoms with Gasteiger partial charge in [0.2, 0.25) is 0 Å². The summed E-state index contributed by atoms with van der Waals surface area (Å²) in [6.07, 6.45) is 2.15. The quantitative estimate of drug-likeness (QED) is 0.793. The average Bonchev–Trinajstić information content (AvgIpc) is 2.55. The van der Waals surface area contributed by atoms with Crippen LogP contribution in [0.15, 0.2) is 54.6 Å². The van der Waals surface area contributed by atoms with Gasteiger partial charge in [0.1, 0.15) is 0 Å². The molecule has 0 aliphatic heterocycles. The average molecular weight is 298 g/mol. The fourth-order valence-electron chi connectivity index (χ4n) is 2.57. The molecule has 0 unspecified atom stereocenters. The van der Waals surface area contributed by atoms with E-state index in [0.717, 1.165) is 18.4 Å². The molecular formula is C20H26O2. The van der Waals surface area contributed by atoms with Crippen molar-refractivity contribution in [3.05, 3.63) is 71.3 Å². The van der Waals surface area contributed by atoms with Crippen molar-refractivity contribution >= 4 is 0 Å². The minimum absolute atomic E-state index is 0.185. The van der Waals surface area contributed by atoms with Gasteiger partial charge in [-0.1, -0.05) is 67.9 Å². The first-order valence-corrected chi connectivity index (χ1v) is 8.11. The van der Waals surface area contributed by atoms with Gasteiger partial charge < -0.3 is 9.84 Å². The molecule has 0 amide bonds. The van der Waals surface area contributed by atoms with Crippen molar-refractivity contribution in [2.24, 2.45) is 0 Å². The SMILES string of the molecule is CCCc1ccccc1C[C@H](O)[C@H](C)OCc1ccccc1. The molecule has 0 aliphatic rings. The Morgan fingerprint density at radius 3 is 2.27 bits per heavy atom. The van der Waals surface area contributed by atoms with Crippen molar-refractivity contribution in [2.75, 3.05) is 0 Å². The van der Waals surface area contributed by atoms with Crippen molar-refractivity contribution in [1.82, 2.24) is 0 Å². The Hall–Kier alpha value is -1.64. The Bertz CT molecular complexity index is 551. The van der Waals surface area contributed by atoms with Crippen LogP contribution in [0.1, 0.15) is 37.0 Å². The van der Waals surface area contributed by atoms with Crippen molar-refractivity contribution in [2.45, 2.75) is 51.9 Å². The standard InChI is InChI=1S/C20H26O2/c1-3-9-18-12-7-8-13-19(18)14-20(21)16(2)22-15-17-10-5-4-6-11-17/h4-8,10-13,16,20-21H,3,9,14-15H2,1-2H3/t16-,20-/m0/s1. The number of aliphatic hydroxyl groups excluding tert-OH is 1. The van der Waals surface area contributed by atoms with Gasteiger partial charge in [0, 0.05) is 6.42 Å². The first-order valence-electron chi connectivity index (χ1n) is 8.11. The van der Waals surface area contributed by atoms with Crippen LogP contribution in [0.3, 0.4) is 0 Å². The number of rotatable bonds is 8. The molecule has 0 spiro atoms. The van der Waals surface area contributed by atoms with Crippen molar-refractivity contribution < 1.29 is 9.84 Å². The van der Waals surface area contributed by atoms with Crippen molar-refractivity contribution in [1.29, 1.82) is 0 Å². The van der Waals surface area contributed by atoms with Crippen LogP contribution in [-0.2, 0) is 24.2 Å². The summed E-state index contributed by atoms with van der Waals surface area (Å²) >= 11 is 0. The van der Waals surface area contributed by atoms with E-state index in [1.165, 1.54) is 11.1 Å². The van der Waals surface area contributed by atoms with E-state index in [9.17, 15) is 5.11 Å². The monoisotopic (exact) mass is 298 g/mol. The van der Waals surface area contributed by atoms with E-state index in [1.807, 2.05) is 43.3 Å². The Morgan fingerprint density at radius 1 is 0.955 bits per heavy atom. The van der Waals surface area contributed by atoms with E-state index in [0.29, 0.717) is 13.0 Å². The molecule has 0 heterocycles. The van der Waals surface area contributed by atoms with E-state index >= 15 is 0 Å². The Labute approximate surface area is 133 Å². The molecule has 2 atom stereocenters. The molecule has 0 aromatic heterocycles. The van der Waals surface area contributed by atoms with E-state index in [2.05, 4.69) is 25.1 Å². The highest BCUT2D eigenvalue weighted by Gasteiger charge is 2.16. The number of hydrogen-bond acceptors (Lipinski definition) is 2. The lowest BCUT2D eigenvalue weighted by Crippen LogP contribution is -2.28. The maximum Gasteiger partial charge on any atom is 0.0839 e. The zero-order valence-electron chi connectivity index (χ0n) is 13.5. The maximum absolute atomic E-state index is 10.4. The Balaban J connectivity index is 1.89. The number of aryl methyl sites for hydroxylation is 1. The molecule has 2 aromatic carbocycles. The van der Waals surface area contributed by atoms with Crippen molar-refractivity contribution in [3.63, 3.8) is 0 Å².